The van der Waals surface area contributed by atoms with Crippen molar-refractivity contribution in [3.05, 3.63) is 40.7 Å². The third-order valence-corrected chi connectivity index (χ3v) is 9.07. The minimum atomic E-state index is -0.539. The van der Waals surface area contributed by atoms with E-state index in [1.54, 1.807) is 23.3 Å². The largest absolute Gasteiger partial charge is 0.392 e. The number of hydrogen-bond donors (Lipinski definition) is 2. The van der Waals surface area contributed by atoms with E-state index >= 15 is 0 Å². The van der Waals surface area contributed by atoms with Crippen molar-refractivity contribution in [1.29, 1.82) is 0 Å². The molecule has 6 atom stereocenters. The minimum absolute atomic E-state index is 0.00752. The smallest absolute Gasteiger partial charge is 0.226 e. The molecule has 2 aliphatic carbocycles. The van der Waals surface area contributed by atoms with Crippen molar-refractivity contribution in [3.63, 3.8) is 0 Å². The summed E-state index contributed by atoms with van der Waals surface area (Å²) in [6.45, 7) is 7.52. The number of carbonyl (C=O) groups excluding carboxylic acids is 1. The first-order valence-corrected chi connectivity index (χ1v) is 13.1. The fourth-order valence-electron chi connectivity index (χ4n) is 6.21. The summed E-state index contributed by atoms with van der Waals surface area (Å²) in [4.78, 5) is 25.2. The Labute approximate surface area is 207 Å². The fourth-order valence-corrected chi connectivity index (χ4v) is 7.50. The van der Waals surface area contributed by atoms with Crippen LogP contribution in [0.15, 0.2) is 24.4 Å². The molecule has 0 bridgehead atoms. The van der Waals surface area contributed by atoms with Crippen LogP contribution in [0.1, 0.15) is 55.8 Å². The van der Waals surface area contributed by atoms with Gasteiger partial charge in [0.25, 0.3) is 0 Å². The lowest BCUT2D eigenvalue weighted by atomic mass is 9.53. The zero-order chi connectivity index (χ0) is 24.5. The predicted octanol–water partition coefficient (Wildman–Crippen LogP) is 3.97. The van der Waals surface area contributed by atoms with E-state index in [0.29, 0.717) is 6.54 Å². The van der Waals surface area contributed by atoms with Gasteiger partial charge in [0, 0.05) is 48.6 Å². The molecule has 2 aliphatic rings. The van der Waals surface area contributed by atoms with Crippen LogP contribution >= 0.6 is 11.3 Å². The first-order valence-electron chi connectivity index (χ1n) is 12.2. The van der Waals surface area contributed by atoms with Gasteiger partial charge in [0.1, 0.15) is 0 Å². The molecule has 6 nitrogen and oxygen atoms in total. The molecule has 2 aromatic rings. The maximum absolute atomic E-state index is 12.9. The highest BCUT2D eigenvalue weighted by Crippen LogP contribution is 2.57. The minimum Gasteiger partial charge on any atom is -0.392 e. The van der Waals surface area contributed by atoms with Gasteiger partial charge in [-0.25, -0.2) is 4.98 Å². The van der Waals surface area contributed by atoms with Crippen LogP contribution in [-0.2, 0) is 17.6 Å². The second-order valence-corrected chi connectivity index (χ2v) is 11.4. The van der Waals surface area contributed by atoms with E-state index in [2.05, 4.69) is 30.1 Å². The van der Waals surface area contributed by atoms with Crippen LogP contribution in [-0.4, -0.2) is 52.1 Å². The van der Waals surface area contributed by atoms with Crippen LogP contribution in [0.2, 0.25) is 0 Å². The molecule has 34 heavy (non-hydrogen) atoms. The normalized spacial score (nSPS) is 28.8. The third-order valence-electron chi connectivity index (χ3n) is 8.04. The highest BCUT2D eigenvalue weighted by molar-refractivity contribution is 7.15. The average Bonchev–Trinajstić information content (AvgIpc) is 3.21. The van der Waals surface area contributed by atoms with E-state index in [9.17, 15) is 9.90 Å². The van der Waals surface area contributed by atoms with Gasteiger partial charge in [0.15, 0.2) is 5.13 Å². The Hall–Kier alpha value is -2.43. The van der Waals surface area contributed by atoms with Crippen molar-refractivity contribution in [2.75, 3.05) is 25.5 Å². The van der Waals surface area contributed by atoms with Gasteiger partial charge in [-0.05, 0) is 48.6 Å². The maximum atomic E-state index is 12.9. The van der Waals surface area contributed by atoms with Gasteiger partial charge < -0.3 is 15.3 Å². The molecular weight excluding hydrogens is 444 g/mol. The van der Waals surface area contributed by atoms with Crippen molar-refractivity contribution < 1.29 is 9.90 Å². The topological polar surface area (TPSA) is 78.4 Å². The predicted molar refractivity (Wildman–Crippen MR) is 137 cm³/mol. The van der Waals surface area contributed by atoms with Gasteiger partial charge in [-0.15, -0.1) is 17.8 Å². The van der Waals surface area contributed by atoms with Crippen LogP contribution in [0.25, 0.3) is 0 Å². The van der Waals surface area contributed by atoms with E-state index in [-0.39, 0.29) is 35.0 Å². The summed E-state index contributed by atoms with van der Waals surface area (Å²) in [7, 11) is 1.74. The van der Waals surface area contributed by atoms with E-state index in [4.69, 9.17) is 11.4 Å². The molecule has 0 spiro atoms. The average molecular weight is 481 g/mol. The molecule has 2 heterocycles. The Morgan fingerprint density at radius 3 is 2.97 bits per heavy atom. The maximum Gasteiger partial charge on any atom is 0.226 e. The molecule has 0 unspecified atom stereocenters. The van der Waals surface area contributed by atoms with Crippen molar-refractivity contribution in [1.82, 2.24) is 14.9 Å². The summed E-state index contributed by atoms with van der Waals surface area (Å²) in [5, 5.41) is 16.0. The highest BCUT2D eigenvalue weighted by Gasteiger charge is 2.54. The Morgan fingerprint density at radius 1 is 1.47 bits per heavy atom. The summed E-state index contributed by atoms with van der Waals surface area (Å²) < 4.78 is 0. The first kappa shape index (κ1) is 24.7. The summed E-state index contributed by atoms with van der Waals surface area (Å²) in [6.07, 6.45) is 10.3. The number of pyridine rings is 1. The van der Waals surface area contributed by atoms with E-state index in [0.717, 1.165) is 48.7 Å². The standard InChI is InChI=1S/C27H36N4O2S/c1-6-15-31(5)25(33)17(2)20-10-12-27(4)16-21-23(18(3)22(27)24(20)32)30-26(34-21)29-14-11-19-9-7-8-13-28-19/h1,7-9,13,17-18,20,22,24,32H,10-12,14-16H2,2-5H3,(H,29,30)/t17-,18+,20-,22+,24-,27+/m0/s1. The monoisotopic (exact) mass is 480 g/mol. The molecule has 0 radical (unpaired) electrons. The number of thiazole rings is 1. The van der Waals surface area contributed by atoms with Crippen molar-refractivity contribution in [2.45, 2.75) is 58.5 Å². The van der Waals surface area contributed by atoms with Crippen molar-refractivity contribution in [2.24, 2.45) is 23.2 Å². The molecule has 182 valence electrons. The summed E-state index contributed by atoms with van der Waals surface area (Å²) >= 11 is 1.75. The molecule has 1 fully saturated rings. The SMILES string of the molecule is C#CCN(C)C(=O)[C@@H](C)[C@@H]1CC[C@]2(C)Cc3sc(NCCc4ccccn4)nc3[C@H](C)[C@@H]2[C@H]1O. The number of aliphatic hydroxyl groups is 1. The van der Waals surface area contributed by atoms with Gasteiger partial charge in [-0.1, -0.05) is 32.8 Å². The number of amides is 1. The van der Waals surface area contributed by atoms with Crippen LogP contribution < -0.4 is 5.32 Å². The number of aromatic nitrogens is 2. The first-order chi connectivity index (χ1) is 16.2. The molecule has 4 rings (SSSR count). The lowest BCUT2D eigenvalue weighted by molar-refractivity contribution is -0.142. The molecule has 1 saturated carbocycles. The number of nitrogens with zero attached hydrogens (tertiary/aromatic N) is 3. The quantitative estimate of drug-likeness (QED) is 0.586. The lowest BCUT2D eigenvalue weighted by Gasteiger charge is -2.53. The molecule has 0 aromatic carbocycles. The molecule has 0 aliphatic heterocycles. The van der Waals surface area contributed by atoms with Gasteiger partial charge in [0.2, 0.25) is 5.91 Å². The Morgan fingerprint density at radius 2 is 2.26 bits per heavy atom. The highest BCUT2D eigenvalue weighted by atomic mass is 32.1. The summed E-state index contributed by atoms with van der Waals surface area (Å²) in [5.74, 6) is 2.45. The second kappa shape index (κ2) is 10.1. The van der Waals surface area contributed by atoms with Crippen LogP contribution in [0, 0.1) is 35.5 Å². The second-order valence-electron chi connectivity index (χ2n) is 10.4. The van der Waals surface area contributed by atoms with Gasteiger partial charge in [-0.2, -0.15) is 0 Å². The number of hydrogen-bond acceptors (Lipinski definition) is 6. The van der Waals surface area contributed by atoms with Gasteiger partial charge in [-0.3, -0.25) is 9.78 Å². The third kappa shape index (κ3) is 4.71. The summed E-state index contributed by atoms with van der Waals surface area (Å²) in [6, 6.07) is 5.98. The van der Waals surface area contributed by atoms with Gasteiger partial charge >= 0.3 is 0 Å². The summed E-state index contributed by atoms with van der Waals surface area (Å²) in [5.41, 5.74) is 2.18. The van der Waals surface area contributed by atoms with E-state index in [1.165, 1.54) is 4.88 Å². The Balaban J connectivity index is 1.47. The van der Waals surface area contributed by atoms with Crippen LogP contribution in [0.3, 0.4) is 0 Å². The van der Waals surface area contributed by atoms with E-state index < -0.39 is 6.10 Å². The molecular formula is C27H36N4O2S. The number of terminal acetylenes is 1. The van der Waals surface area contributed by atoms with Crippen molar-refractivity contribution >= 4 is 22.4 Å². The number of fused-ring (bicyclic) bond motifs is 2. The zero-order valence-electron chi connectivity index (χ0n) is 20.6. The van der Waals surface area contributed by atoms with E-state index in [1.807, 2.05) is 31.3 Å². The molecule has 1 amide bonds. The molecule has 2 N–H and O–H groups in total. The van der Waals surface area contributed by atoms with Crippen LogP contribution in [0.4, 0.5) is 5.13 Å². The number of carbonyl (C=O) groups is 1. The number of anilines is 1. The molecule has 2 aromatic heterocycles. The van der Waals surface area contributed by atoms with Crippen LogP contribution in [0.5, 0.6) is 0 Å². The molecule has 7 heteroatoms. The van der Waals surface area contributed by atoms with Crippen molar-refractivity contribution in [3.8, 4) is 12.3 Å². The molecule has 0 saturated heterocycles. The number of rotatable bonds is 7. The zero-order valence-corrected chi connectivity index (χ0v) is 21.4. The Kier molecular flexibility index (Phi) is 7.30. The number of nitrogens with one attached hydrogen (secondary N) is 1. The Bertz CT molecular complexity index is 1050. The lowest BCUT2D eigenvalue weighted by Crippen LogP contribution is -2.53. The fraction of sp³-hybridized carbons (Fsp3) is 0.593. The van der Waals surface area contributed by atoms with Gasteiger partial charge in [0.05, 0.1) is 18.3 Å². The number of aliphatic hydroxyl groups excluding tert-OH is 1.